The first-order valence-corrected chi connectivity index (χ1v) is 8.09. The van der Waals surface area contributed by atoms with Gasteiger partial charge in [0.1, 0.15) is 0 Å². The monoisotopic (exact) mass is 294 g/mol. The van der Waals surface area contributed by atoms with Crippen LogP contribution >= 0.6 is 11.8 Å². The van der Waals surface area contributed by atoms with E-state index in [1.54, 1.807) is 0 Å². The summed E-state index contributed by atoms with van der Waals surface area (Å²) in [5.41, 5.74) is 1.70. The van der Waals surface area contributed by atoms with Crippen LogP contribution in [0.5, 0.6) is 0 Å². The molecule has 1 aliphatic heterocycles. The van der Waals surface area contributed by atoms with E-state index in [4.69, 9.17) is 0 Å². The molecule has 110 valence electrons. The van der Waals surface area contributed by atoms with E-state index in [1.165, 1.54) is 18.2 Å². The normalized spacial score (nSPS) is 22.9. The molecule has 0 saturated carbocycles. The summed E-state index contributed by atoms with van der Waals surface area (Å²) in [6, 6.07) is 0.677. The standard InChI is InChI=1S/C14H22N4OS/c1-9-6-5-7-10(2)18(9)13(19)8-20-14-15-11(3)12(4)16-17-14/h9-10H,5-8H2,1-4H3/t9-,10-/m1/s1. The fourth-order valence-corrected chi connectivity index (χ4v) is 3.31. The third-order valence-electron chi connectivity index (χ3n) is 3.88. The summed E-state index contributed by atoms with van der Waals surface area (Å²) >= 11 is 1.37. The Morgan fingerprint density at radius 1 is 1.20 bits per heavy atom. The van der Waals surface area contributed by atoms with Crippen molar-refractivity contribution in [2.45, 2.75) is 64.2 Å². The molecule has 0 radical (unpaired) electrons. The number of hydrogen-bond donors (Lipinski definition) is 0. The van der Waals surface area contributed by atoms with E-state index in [9.17, 15) is 4.79 Å². The fourth-order valence-electron chi connectivity index (χ4n) is 2.61. The van der Waals surface area contributed by atoms with Crippen LogP contribution in [0.4, 0.5) is 0 Å². The number of thioether (sulfide) groups is 1. The van der Waals surface area contributed by atoms with E-state index >= 15 is 0 Å². The van der Waals surface area contributed by atoms with Crippen LogP contribution in [-0.2, 0) is 4.79 Å². The summed E-state index contributed by atoms with van der Waals surface area (Å²) in [5, 5.41) is 8.65. The molecule has 2 rings (SSSR count). The summed E-state index contributed by atoms with van der Waals surface area (Å²) in [5.74, 6) is 0.565. The zero-order chi connectivity index (χ0) is 14.7. The van der Waals surface area contributed by atoms with Gasteiger partial charge in [-0.25, -0.2) is 4.98 Å². The maximum absolute atomic E-state index is 12.4. The first-order valence-electron chi connectivity index (χ1n) is 7.11. The fraction of sp³-hybridized carbons (Fsp3) is 0.714. The van der Waals surface area contributed by atoms with Crippen molar-refractivity contribution in [3.63, 3.8) is 0 Å². The molecule has 1 aliphatic rings. The molecule has 2 atom stereocenters. The summed E-state index contributed by atoms with van der Waals surface area (Å²) in [6.45, 7) is 8.05. The van der Waals surface area contributed by atoms with Gasteiger partial charge in [0.15, 0.2) is 0 Å². The molecular formula is C14H22N4OS. The smallest absolute Gasteiger partial charge is 0.233 e. The van der Waals surface area contributed by atoms with Crippen LogP contribution in [0, 0.1) is 13.8 Å². The molecule has 1 saturated heterocycles. The average Bonchev–Trinajstić information content (AvgIpc) is 2.40. The van der Waals surface area contributed by atoms with Gasteiger partial charge < -0.3 is 4.90 Å². The van der Waals surface area contributed by atoms with Crippen molar-refractivity contribution in [2.75, 3.05) is 5.75 Å². The number of amides is 1. The maximum atomic E-state index is 12.4. The molecule has 0 aliphatic carbocycles. The Balaban J connectivity index is 1.95. The molecule has 0 spiro atoms. The number of likely N-dealkylation sites (tertiary alicyclic amines) is 1. The molecule has 20 heavy (non-hydrogen) atoms. The van der Waals surface area contributed by atoms with E-state index in [1.807, 2.05) is 18.7 Å². The van der Waals surface area contributed by atoms with Gasteiger partial charge in [-0.15, -0.1) is 5.10 Å². The van der Waals surface area contributed by atoms with Crippen molar-refractivity contribution in [1.82, 2.24) is 20.1 Å². The number of aryl methyl sites for hydroxylation is 2. The van der Waals surface area contributed by atoms with Crippen molar-refractivity contribution in [3.8, 4) is 0 Å². The van der Waals surface area contributed by atoms with Gasteiger partial charge >= 0.3 is 0 Å². The maximum Gasteiger partial charge on any atom is 0.233 e. The van der Waals surface area contributed by atoms with Crippen molar-refractivity contribution >= 4 is 17.7 Å². The lowest BCUT2D eigenvalue weighted by Gasteiger charge is -2.39. The zero-order valence-electron chi connectivity index (χ0n) is 12.6. The highest BCUT2D eigenvalue weighted by atomic mass is 32.2. The molecule has 0 aromatic carbocycles. The van der Waals surface area contributed by atoms with Crippen molar-refractivity contribution in [1.29, 1.82) is 0 Å². The van der Waals surface area contributed by atoms with Crippen LogP contribution < -0.4 is 0 Å². The largest absolute Gasteiger partial charge is 0.337 e. The Morgan fingerprint density at radius 2 is 1.85 bits per heavy atom. The van der Waals surface area contributed by atoms with Crippen molar-refractivity contribution in [2.24, 2.45) is 0 Å². The summed E-state index contributed by atoms with van der Waals surface area (Å²) < 4.78 is 0. The zero-order valence-corrected chi connectivity index (χ0v) is 13.4. The molecule has 1 fully saturated rings. The molecule has 2 heterocycles. The average molecular weight is 294 g/mol. The highest BCUT2D eigenvalue weighted by molar-refractivity contribution is 7.99. The second-order valence-electron chi connectivity index (χ2n) is 5.48. The first kappa shape index (κ1) is 15.2. The van der Waals surface area contributed by atoms with Crippen LogP contribution in [-0.4, -0.2) is 43.8 Å². The minimum absolute atomic E-state index is 0.177. The lowest BCUT2D eigenvalue weighted by atomic mass is 9.98. The topological polar surface area (TPSA) is 59.0 Å². The van der Waals surface area contributed by atoms with Gasteiger partial charge in [0.05, 0.1) is 17.1 Å². The molecule has 5 nitrogen and oxygen atoms in total. The minimum atomic E-state index is 0.177. The van der Waals surface area contributed by atoms with Gasteiger partial charge in [0.2, 0.25) is 11.1 Å². The van der Waals surface area contributed by atoms with Crippen LogP contribution in [0.2, 0.25) is 0 Å². The predicted octanol–water partition coefficient (Wildman–Crippen LogP) is 2.37. The van der Waals surface area contributed by atoms with Crippen molar-refractivity contribution < 1.29 is 4.79 Å². The van der Waals surface area contributed by atoms with E-state index in [0.717, 1.165) is 24.2 Å². The summed E-state index contributed by atoms with van der Waals surface area (Å²) in [6.07, 6.45) is 3.41. The van der Waals surface area contributed by atoms with Gasteiger partial charge in [0, 0.05) is 12.1 Å². The lowest BCUT2D eigenvalue weighted by molar-refractivity contribution is -0.134. The second kappa shape index (κ2) is 6.52. The SMILES string of the molecule is Cc1nnc(SCC(=O)N2[C@H](C)CCC[C@H]2C)nc1C. The third kappa shape index (κ3) is 3.48. The molecule has 6 heteroatoms. The van der Waals surface area contributed by atoms with Crippen LogP contribution in [0.15, 0.2) is 5.16 Å². The minimum Gasteiger partial charge on any atom is -0.337 e. The number of carbonyl (C=O) groups is 1. The molecule has 1 aromatic heterocycles. The molecule has 1 aromatic rings. The molecule has 1 amide bonds. The van der Waals surface area contributed by atoms with Gasteiger partial charge in [-0.1, -0.05) is 11.8 Å². The number of nitrogens with zero attached hydrogens (tertiary/aromatic N) is 4. The Morgan fingerprint density at radius 3 is 2.45 bits per heavy atom. The quantitative estimate of drug-likeness (QED) is 0.801. The van der Waals surface area contributed by atoms with Crippen LogP contribution in [0.3, 0.4) is 0 Å². The molecule has 0 bridgehead atoms. The van der Waals surface area contributed by atoms with Gasteiger partial charge in [-0.3, -0.25) is 4.79 Å². The highest BCUT2D eigenvalue weighted by Gasteiger charge is 2.28. The Kier molecular flexibility index (Phi) is 4.96. The van der Waals surface area contributed by atoms with Crippen LogP contribution in [0.1, 0.15) is 44.5 Å². The van der Waals surface area contributed by atoms with Crippen LogP contribution in [0.25, 0.3) is 0 Å². The molecule has 0 N–H and O–H groups in total. The van der Waals surface area contributed by atoms with Gasteiger partial charge in [-0.05, 0) is 47.0 Å². The van der Waals surface area contributed by atoms with Gasteiger partial charge in [-0.2, -0.15) is 5.10 Å². The lowest BCUT2D eigenvalue weighted by Crippen LogP contribution is -2.48. The molecule has 0 unspecified atom stereocenters. The summed E-state index contributed by atoms with van der Waals surface area (Å²) in [7, 11) is 0. The van der Waals surface area contributed by atoms with E-state index in [0.29, 0.717) is 23.0 Å². The Labute approximate surface area is 124 Å². The van der Waals surface area contributed by atoms with E-state index in [2.05, 4.69) is 29.0 Å². The summed E-state index contributed by atoms with van der Waals surface area (Å²) in [4.78, 5) is 18.7. The number of aromatic nitrogens is 3. The highest BCUT2D eigenvalue weighted by Crippen LogP contribution is 2.24. The van der Waals surface area contributed by atoms with E-state index in [-0.39, 0.29) is 5.91 Å². The Hall–Kier alpha value is -1.17. The third-order valence-corrected chi connectivity index (χ3v) is 4.70. The molecular weight excluding hydrogens is 272 g/mol. The number of rotatable bonds is 3. The van der Waals surface area contributed by atoms with E-state index < -0.39 is 0 Å². The number of piperidine rings is 1. The second-order valence-corrected chi connectivity index (χ2v) is 6.43. The van der Waals surface area contributed by atoms with Gasteiger partial charge in [0.25, 0.3) is 0 Å². The first-order chi connectivity index (χ1) is 9.49. The Bertz CT molecular complexity index is 484. The number of carbonyl (C=O) groups excluding carboxylic acids is 1. The number of hydrogen-bond acceptors (Lipinski definition) is 5. The van der Waals surface area contributed by atoms with Crippen molar-refractivity contribution in [3.05, 3.63) is 11.4 Å². The predicted molar refractivity (Wildman–Crippen MR) is 79.6 cm³/mol.